The van der Waals surface area contributed by atoms with Gasteiger partial charge in [-0.2, -0.15) is 0 Å². The minimum Gasteiger partial charge on any atom is -0.338 e. The lowest BCUT2D eigenvalue weighted by molar-refractivity contribution is 0.173. The molecule has 0 saturated carbocycles. The van der Waals surface area contributed by atoms with Crippen LogP contribution in [0.4, 0.5) is 4.79 Å². The number of carbonyl (C=O) groups excluding carboxylic acids is 1. The molecule has 0 spiro atoms. The van der Waals surface area contributed by atoms with Gasteiger partial charge in [-0.05, 0) is 57.0 Å². The van der Waals surface area contributed by atoms with Crippen LogP contribution in [0.3, 0.4) is 0 Å². The smallest absolute Gasteiger partial charge is 0.317 e. The molecular formula is C14H27N3O. The van der Waals surface area contributed by atoms with Crippen LogP contribution in [0.15, 0.2) is 0 Å². The monoisotopic (exact) mass is 253 g/mol. The predicted octanol–water partition coefficient (Wildman–Crippen LogP) is 1.82. The fourth-order valence-electron chi connectivity index (χ4n) is 2.88. The summed E-state index contributed by atoms with van der Waals surface area (Å²) in [5, 5.41) is 6.49. The molecule has 18 heavy (non-hydrogen) atoms. The molecule has 0 aliphatic carbocycles. The Kier molecular flexibility index (Phi) is 5.29. The summed E-state index contributed by atoms with van der Waals surface area (Å²) >= 11 is 0. The molecule has 2 aliphatic heterocycles. The molecule has 4 heteroatoms. The molecule has 1 unspecified atom stereocenters. The van der Waals surface area contributed by atoms with Gasteiger partial charge in [0.25, 0.3) is 0 Å². The second kappa shape index (κ2) is 6.98. The minimum atomic E-state index is 0.144. The van der Waals surface area contributed by atoms with Crippen molar-refractivity contribution in [1.29, 1.82) is 0 Å². The summed E-state index contributed by atoms with van der Waals surface area (Å²) < 4.78 is 0. The van der Waals surface area contributed by atoms with Crippen LogP contribution in [-0.4, -0.2) is 43.7 Å². The summed E-state index contributed by atoms with van der Waals surface area (Å²) in [6, 6.07) is 0.144. The highest BCUT2D eigenvalue weighted by Gasteiger charge is 2.20. The molecule has 0 aromatic rings. The topological polar surface area (TPSA) is 44.4 Å². The summed E-state index contributed by atoms with van der Waals surface area (Å²) in [6.07, 6.45) is 6.01. The first-order chi connectivity index (χ1) is 8.75. The van der Waals surface area contributed by atoms with Crippen LogP contribution in [-0.2, 0) is 0 Å². The van der Waals surface area contributed by atoms with Gasteiger partial charge in [0.05, 0.1) is 0 Å². The first-order valence-electron chi connectivity index (χ1n) is 7.49. The van der Waals surface area contributed by atoms with E-state index in [1.807, 2.05) is 4.90 Å². The van der Waals surface area contributed by atoms with Crippen LogP contribution < -0.4 is 10.6 Å². The largest absolute Gasteiger partial charge is 0.338 e. The fraction of sp³-hybridized carbons (Fsp3) is 0.929. The highest BCUT2D eigenvalue weighted by molar-refractivity contribution is 5.74. The first-order valence-corrected chi connectivity index (χ1v) is 7.49. The lowest BCUT2D eigenvalue weighted by atomic mass is 9.96. The van der Waals surface area contributed by atoms with E-state index in [1.165, 1.54) is 12.8 Å². The van der Waals surface area contributed by atoms with Crippen LogP contribution in [0, 0.1) is 11.8 Å². The summed E-state index contributed by atoms with van der Waals surface area (Å²) in [4.78, 5) is 13.9. The number of carbonyl (C=O) groups is 1. The van der Waals surface area contributed by atoms with E-state index in [0.717, 1.165) is 63.8 Å². The first kappa shape index (κ1) is 13.7. The molecule has 4 nitrogen and oxygen atoms in total. The highest BCUT2D eigenvalue weighted by Crippen LogP contribution is 2.16. The number of rotatable bonds is 3. The summed E-state index contributed by atoms with van der Waals surface area (Å²) in [5.41, 5.74) is 0. The van der Waals surface area contributed by atoms with Crippen LogP contribution in [0.5, 0.6) is 0 Å². The Morgan fingerprint density at radius 3 is 2.78 bits per heavy atom. The van der Waals surface area contributed by atoms with Crippen LogP contribution in [0.1, 0.15) is 39.0 Å². The zero-order valence-corrected chi connectivity index (χ0v) is 11.6. The van der Waals surface area contributed by atoms with Crippen LogP contribution in [0.25, 0.3) is 0 Å². The van der Waals surface area contributed by atoms with Crippen molar-refractivity contribution in [2.45, 2.75) is 39.0 Å². The van der Waals surface area contributed by atoms with Crippen molar-refractivity contribution in [3.63, 3.8) is 0 Å². The third-order valence-corrected chi connectivity index (χ3v) is 4.30. The Morgan fingerprint density at radius 2 is 2.11 bits per heavy atom. The van der Waals surface area contributed by atoms with Gasteiger partial charge in [0.2, 0.25) is 0 Å². The quantitative estimate of drug-likeness (QED) is 0.806. The molecule has 2 N–H and O–H groups in total. The lowest BCUT2D eigenvalue weighted by Gasteiger charge is -2.30. The van der Waals surface area contributed by atoms with Gasteiger partial charge in [0.1, 0.15) is 0 Å². The van der Waals surface area contributed by atoms with Crippen molar-refractivity contribution in [2.24, 2.45) is 11.8 Å². The second-order valence-corrected chi connectivity index (χ2v) is 5.90. The standard InChI is InChI=1S/C14H27N3O/c1-12-5-9-17(10-6-12)14(18)16-8-4-13-3-2-7-15-11-13/h12-13,15H,2-11H2,1H3,(H,16,18). The SMILES string of the molecule is CC1CCN(C(=O)NCCC2CCCNC2)CC1. The van der Waals surface area contributed by atoms with E-state index in [1.54, 1.807) is 0 Å². The van der Waals surface area contributed by atoms with Gasteiger partial charge in [-0.25, -0.2) is 4.79 Å². The summed E-state index contributed by atoms with van der Waals surface area (Å²) in [7, 11) is 0. The average molecular weight is 253 g/mol. The highest BCUT2D eigenvalue weighted by atomic mass is 16.2. The summed E-state index contributed by atoms with van der Waals surface area (Å²) in [5.74, 6) is 1.53. The number of hydrogen-bond donors (Lipinski definition) is 2. The van der Waals surface area contributed by atoms with Crippen molar-refractivity contribution >= 4 is 6.03 Å². The molecule has 2 aliphatic rings. The van der Waals surface area contributed by atoms with Gasteiger partial charge in [-0.3, -0.25) is 0 Å². The van der Waals surface area contributed by atoms with Crippen molar-refractivity contribution in [3.05, 3.63) is 0 Å². The molecule has 2 amide bonds. The molecule has 0 radical (unpaired) electrons. The molecular weight excluding hydrogens is 226 g/mol. The number of hydrogen-bond acceptors (Lipinski definition) is 2. The van der Waals surface area contributed by atoms with Gasteiger partial charge in [-0.15, -0.1) is 0 Å². The number of piperidine rings is 2. The van der Waals surface area contributed by atoms with Crippen LogP contribution >= 0.6 is 0 Å². The number of amides is 2. The molecule has 2 fully saturated rings. The van der Waals surface area contributed by atoms with Gasteiger partial charge in [-0.1, -0.05) is 6.92 Å². The maximum atomic E-state index is 11.9. The molecule has 2 heterocycles. The Morgan fingerprint density at radius 1 is 1.33 bits per heavy atom. The van der Waals surface area contributed by atoms with E-state index >= 15 is 0 Å². The molecule has 2 saturated heterocycles. The molecule has 0 aromatic heterocycles. The minimum absolute atomic E-state index is 0.144. The second-order valence-electron chi connectivity index (χ2n) is 5.90. The molecule has 1 atom stereocenters. The Balaban J connectivity index is 1.59. The Labute approximate surface area is 110 Å². The van der Waals surface area contributed by atoms with Crippen LogP contribution in [0.2, 0.25) is 0 Å². The van der Waals surface area contributed by atoms with E-state index in [-0.39, 0.29) is 6.03 Å². The molecule has 0 aromatic carbocycles. The van der Waals surface area contributed by atoms with Gasteiger partial charge >= 0.3 is 6.03 Å². The van der Waals surface area contributed by atoms with E-state index in [9.17, 15) is 4.79 Å². The van der Waals surface area contributed by atoms with E-state index in [0.29, 0.717) is 0 Å². The third-order valence-electron chi connectivity index (χ3n) is 4.30. The van der Waals surface area contributed by atoms with Crippen molar-refractivity contribution < 1.29 is 4.79 Å². The zero-order valence-electron chi connectivity index (χ0n) is 11.6. The van der Waals surface area contributed by atoms with Gasteiger partial charge in [0.15, 0.2) is 0 Å². The molecule has 2 rings (SSSR count). The van der Waals surface area contributed by atoms with E-state index in [2.05, 4.69) is 17.6 Å². The predicted molar refractivity (Wildman–Crippen MR) is 73.6 cm³/mol. The Hall–Kier alpha value is -0.770. The number of nitrogens with one attached hydrogen (secondary N) is 2. The van der Waals surface area contributed by atoms with Gasteiger partial charge < -0.3 is 15.5 Å². The number of likely N-dealkylation sites (tertiary alicyclic amines) is 1. The third kappa shape index (κ3) is 4.16. The zero-order chi connectivity index (χ0) is 12.8. The van der Waals surface area contributed by atoms with E-state index < -0.39 is 0 Å². The summed E-state index contributed by atoms with van der Waals surface area (Å²) in [6.45, 7) is 7.24. The Bertz CT molecular complexity index is 256. The van der Waals surface area contributed by atoms with Crippen molar-refractivity contribution in [2.75, 3.05) is 32.7 Å². The van der Waals surface area contributed by atoms with E-state index in [4.69, 9.17) is 0 Å². The molecule has 0 bridgehead atoms. The van der Waals surface area contributed by atoms with Gasteiger partial charge in [0, 0.05) is 19.6 Å². The normalized spacial score (nSPS) is 26.1. The molecule has 104 valence electrons. The lowest BCUT2D eigenvalue weighted by Crippen LogP contribution is -2.45. The maximum absolute atomic E-state index is 11.9. The number of urea groups is 1. The average Bonchev–Trinajstić information content (AvgIpc) is 2.40. The van der Waals surface area contributed by atoms with Crippen molar-refractivity contribution in [1.82, 2.24) is 15.5 Å². The fourth-order valence-corrected chi connectivity index (χ4v) is 2.88. The maximum Gasteiger partial charge on any atom is 0.317 e. The number of nitrogens with zero attached hydrogens (tertiary/aromatic N) is 1. The van der Waals surface area contributed by atoms with Crippen molar-refractivity contribution in [3.8, 4) is 0 Å².